The van der Waals surface area contributed by atoms with Crippen molar-refractivity contribution in [3.05, 3.63) is 29.3 Å². The number of halogens is 5. The number of hydrogen-bond acceptors (Lipinski definition) is 3. The van der Waals surface area contributed by atoms with E-state index in [-0.39, 0.29) is 32.6 Å². The first-order valence-electron chi connectivity index (χ1n) is 6.94. The van der Waals surface area contributed by atoms with Crippen LogP contribution < -0.4 is 4.90 Å². The monoisotopic (exact) mass is 352 g/mol. The SMILES string of the molecule is O=C(O)c1cc(F)c(N2CCCN(C(=O)C(F)(F)F)CC2)c(F)c1. The van der Waals surface area contributed by atoms with Crippen LogP contribution in [0.3, 0.4) is 0 Å². The van der Waals surface area contributed by atoms with Crippen molar-refractivity contribution < 1.29 is 36.6 Å². The lowest BCUT2D eigenvalue weighted by Crippen LogP contribution is -2.43. The van der Waals surface area contributed by atoms with Gasteiger partial charge in [-0.25, -0.2) is 13.6 Å². The minimum Gasteiger partial charge on any atom is -0.478 e. The normalized spacial score (nSPS) is 16.0. The largest absolute Gasteiger partial charge is 0.478 e. The fourth-order valence-electron chi connectivity index (χ4n) is 2.51. The number of rotatable bonds is 2. The zero-order valence-corrected chi connectivity index (χ0v) is 12.2. The second-order valence-electron chi connectivity index (χ2n) is 5.22. The first-order chi connectivity index (χ1) is 11.1. The molecule has 0 aliphatic carbocycles. The highest BCUT2D eigenvalue weighted by Gasteiger charge is 2.42. The highest BCUT2D eigenvalue weighted by molar-refractivity contribution is 5.88. The molecule has 0 unspecified atom stereocenters. The zero-order chi connectivity index (χ0) is 18.1. The fraction of sp³-hybridized carbons (Fsp3) is 0.429. The highest BCUT2D eigenvalue weighted by atomic mass is 19.4. The van der Waals surface area contributed by atoms with Crippen molar-refractivity contribution >= 4 is 17.6 Å². The Morgan fingerprint density at radius 1 is 1.00 bits per heavy atom. The number of aromatic carboxylic acids is 1. The Bertz CT molecular complexity index is 639. The third-order valence-corrected chi connectivity index (χ3v) is 3.61. The Balaban J connectivity index is 2.20. The van der Waals surface area contributed by atoms with Crippen molar-refractivity contribution in [2.45, 2.75) is 12.6 Å². The number of hydrogen-bond donors (Lipinski definition) is 1. The maximum atomic E-state index is 14.0. The number of carboxylic acids is 1. The first-order valence-corrected chi connectivity index (χ1v) is 6.94. The van der Waals surface area contributed by atoms with E-state index in [1.54, 1.807) is 0 Å². The number of benzene rings is 1. The van der Waals surface area contributed by atoms with E-state index in [1.165, 1.54) is 4.90 Å². The molecule has 1 aromatic carbocycles. The van der Waals surface area contributed by atoms with Crippen LogP contribution in [0.15, 0.2) is 12.1 Å². The number of carbonyl (C=O) groups excluding carboxylic acids is 1. The van der Waals surface area contributed by atoms with Crippen LogP contribution in [0.5, 0.6) is 0 Å². The predicted molar refractivity (Wildman–Crippen MR) is 72.8 cm³/mol. The molecule has 0 atom stereocenters. The summed E-state index contributed by atoms with van der Waals surface area (Å²) in [4.78, 5) is 23.8. The summed E-state index contributed by atoms with van der Waals surface area (Å²) in [5.41, 5.74) is -1.08. The molecule has 1 aliphatic rings. The molecule has 1 amide bonds. The predicted octanol–water partition coefficient (Wildman–Crippen LogP) is 2.26. The summed E-state index contributed by atoms with van der Waals surface area (Å²) < 4.78 is 65.4. The standard InChI is InChI=1S/C14H13F5N2O3/c15-9-6-8(12(22)23)7-10(16)11(9)20-2-1-3-21(5-4-20)13(24)14(17,18)19/h6-7H,1-5H2,(H,22,23). The lowest BCUT2D eigenvalue weighted by Gasteiger charge is -2.25. The van der Waals surface area contributed by atoms with Gasteiger partial charge in [-0.05, 0) is 18.6 Å². The molecule has 0 aromatic heterocycles. The molecule has 2 rings (SSSR count). The molecule has 1 N–H and O–H groups in total. The maximum absolute atomic E-state index is 14.0. The highest BCUT2D eigenvalue weighted by Crippen LogP contribution is 2.27. The Morgan fingerprint density at radius 3 is 2.08 bits per heavy atom. The molecule has 24 heavy (non-hydrogen) atoms. The second kappa shape index (κ2) is 6.62. The van der Waals surface area contributed by atoms with Crippen LogP contribution in [0.2, 0.25) is 0 Å². The van der Waals surface area contributed by atoms with Crippen LogP contribution in [-0.2, 0) is 4.79 Å². The third-order valence-electron chi connectivity index (χ3n) is 3.61. The number of amides is 1. The number of carboxylic acid groups (broad SMARTS) is 1. The van der Waals surface area contributed by atoms with E-state index < -0.39 is 40.9 Å². The van der Waals surface area contributed by atoms with Crippen LogP contribution >= 0.6 is 0 Å². The van der Waals surface area contributed by atoms with Gasteiger partial charge in [0, 0.05) is 26.2 Å². The van der Waals surface area contributed by atoms with Gasteiger partial charge in [0.05, 0.1) is 5.56 Å². The average molecular weight is 352 g/mol. The van der Waals surface area contributed by atoms with Crippen molar-refractivity contribution in [2.24, 2.45) is 0 Å². The van der Waals surface area contributed by atoms with Gasteiger partial charge in [-0.2, -0.15) is 13.2 Å². The molecule has 0 spiro atoms. The summed E-state index contributed by atoms with van der Waals surface area (Å²) in [5.74, 6) is -5.74. The van der Waals surface area contributed by atoms with Gasteiger partial charge in [-0.3, -0.25) is 4.79 Å². The molecule has 1 saturated heterocycles. The van der Waals surface area contributed by atoms with E-state index >= 15 is 0 Å². The number of anilines is 1. The van der Waals surface area contributed by atoms with E-state index in [9.17, 15) is 31.5 Å². The van der Waals surface area contributed by atoms with Gasteiger partial charge >= 0.3 is 18.1 Å². The quantitative estimate of drug-likeness (QED) is 0.830. The van der Waals surface area contributed by atoms with Gasteiger partial charge in [0.2, 0.25) is 0 Å². The summed E-state index contributed by atoms with van der Waals surface area (Å²) in [5, 5.41) is 8.75. The lowest BCUT2D eigenvalue weighted by molar-refractivity contribution is -0.185. The van der Waals surface area contributed by atoms with Gasteiger partial charge in [-0.15, -0.1) is 0 Å². The van der Waals surface area contributed by atoms with Crippen LogP contribution in [0, 0.1) is 11.6 Å². The molecule has 5 nitrogen and oxygen atoms in total. The summed E-state index contributed by atoms with van der Waals surface area (Å²) in [6.07, 6.45) is -4.92. The minimum atomic E-state index is -5.01. The van der Waals surface area contributed by atoms with Crippen molar-refractivity contribution in [3.8, 4) is 0 Å². The van der Waals surface area contributed by atoms with Crippen LogP contribution in [0.1, 0.15) is 16.8 Å². The van der Waals surface area contributed by atoms with Crippen LogP contribution in [-0.4, -0.2) is 54.2 Å². The molecule has 0 bridgehead atoms. The van der Waals surface area contributed by atoms with E-state index in [1.807, 2.05) is 0 Å². The lowest BCUT2D eigenvalue weighted by atomic mass is 10.1. The van der Waals surface area contributed by atoms with Crippen molar-refractivity contribution in [2.75, 3.05) is 31.1 Å². The molecule has 1 heterocycles. The van der Waals surface area contributed by atoms with Gasteiger partial charge in [0.25, 0.3) is 0 Å². The van der Waals surface area contributed by atoms with E-state index in [4.69, 9.17) is 5.11 Å². The molecule has 10 heteroatoms. The van der Waals surface area contributed by atoms with Crippen LogP contribution in [0.4, 0.5) is 27.6 Å². The summed E-state index contributed by atoms with van der Waals surface area (Å²) in [6.45, 7) is -0.715. The van der Waals surface area contributed by atoms with E-state index in [0.29, 0.717) is 17.0 Å². The number of alkyl halides is 3. The first kappa shape index (κ1) is 18.0. The summed E-state index contributed by atoms with van der Waals surface area (Å²) in [6, 6.07) is 1.29. The second-order valence-corrected chi connectivity index (χ2v) is 5.22. The fourth-order valence-corrected chi connectivity index (χ4v) is 2.51. The summed E-state index contributed by atoms with van der Waals surface area (Å²) in [7, 11) is 0. The minimum absolute atomic E-state index is 0.0297. The number of nitrogens with zero attached hydrogens (tertiary/aromatic N) is 2. The molecule has 1 fully saturated rings. The molecular weight excluding hydrogens is 339 g/mol. The third kappa shape index (κ3) is 3.74. The van der Waals surface area contributed by atoms with Gasteiger partial charge in [0.15, 0.2) is 0 Å². The van der Waals surface area contributed by atoms with Gasteiger partial charge < -0.3 is 14.9 Å². The van der Waals surface area contributed by atoms with Crippen molar-refractivity contribution in [1.29, 1.82) is 0 Å². The molecular formula is C14H13F5N2O3. The number of carbonyl (C=O) groups is 2. The average Bonchev–Trinajstić information content (AvgIpc) is 2.70. The Morgan fingerprint density at radius 2 is 1.58 bits per heavy atom. The van der Waals surface area contributed by atoms with Gasteiger partial charge in [-0.1, -0.05) is 0 Å². The van der Waals surface area contributed by atoms with Crippen LogP contribution in [0.25, 0.3) is 0 Å². The van der Waals surface area contributed by atoms with Crippen molar-refractivity contribution in [1.82, 2.24) is 4.90 Å². The van der Waals surface area contributed by atoms with Crippen molar-refractivity contribution in [3.63, 3.8) is 0 Å². The molecule has 132 valence electrons. The smallest absolute Gasteiger partial charge is 0.471 e. The molecule has 1 aliphatic heterocycles. The van der Waals surface area contributed by atoms with Gasteiger partial charge in [0.1, 0.15) is 17.3 Å². The maximum Gasteiger partial charge on any atom is 0.471 e. The zero-order valence-electron chi connectivity index (χ0n) is 12.2. The summed E-state index contributed by atoms with van der Waals surface area (Å²) >= 11 is 0. The Hall–Kier alpha value is -2.39. The molecule has 1 aromatic rings. The molecule has 0 saturated carbocycles. The Labute approximate surface area is 133 Å². The van der Waals surface area contributed by atoms with E-state index in [2.05, 4.69) is 0 Å². The molecule has 0 radical (unpaired) electrons. The topological polar surface area (TPSA) is 60.9 Å². The van der Waals surface area contributed by atoms with E-state index in [0.717, 1.165) is 0 Å². The Kier molecular flexibility index (Phi) is 4.95.